The van der Waals surface area contributed by atoms with Gasteiger partial charge in [0, 0.05) is 11.3 Å². The molecule has 0 spiro atoms. The molecule has 5 nitrogen and oxygen atoms in total. The molecule has 0 aliphatic rings. The van der Waals surface area contributed by atoms with Gasteiger partial charge in [-0.1, -0.05) is 12.1 Å². The lowest BCUT2D eigenvalue weighted by atomic mass is 10.2. The summed E-state index contributed by atoms with van der Waals surface area (Å²) in [7, 11) is 0. The van der Waals surface area contributed by atoms with Gasteiger partial charge in [0.05, 0.1) is 5.56 Å². The number of carbonyl (C=O) groups excluding carboxylic acids is 1. The van der Waals surface area contributed by atoms with Crippen molar-refractivity contribution in [3.63, 3.8) is 0 Å². The second-order valence-electron chi connectivity index (χ2n) is 4.15. The number of benzene rings is 1. The van der Waals surface area contributed by atoms with Crippen LogP contribution in [-0.2, 0) is 0 Å². The number of anilines is 1. The van der Waals surface area contributed by atoms with Gasteiger partial charge in [-0.25, -0.2) is 0 Å². The number of amides is 1. The zero-order valence-corrected chi connectivity index (χ0v) is 10.9. The minimum absolute atomic E-state index is 0.0212. The Morgan fingerprint density at radius 2 is 2.05 bits per heavy atom. The molecule has 0 unspecified atom stereocenters. The number of halogens is 2. The number of alkyl halides is 2. The lowest BCUT2D eigenvalue weighted by Gasteiger charge is -2.10. The van der Waals surface area contributed by atoms with Gasteiger partial charge in [0.15, 0.2) is 5.82 Å². The smallest absolute Gasteiger partial charge is 0.387 e. The minimum atomic E-state index is -2.99. The van der Waals surface area contributed by atoms with E-state index >= 15 is 0 Å². The highest BCUT2D eigenvalue weighted by Gasteiger charge is 2.17. The molecule has 2 N–H and O–H groups in total. The van der Waals surface area contributed by atoms with Crippen molar-refractivity contribution in [1.82, 2.24) is 10.2 Å². The van der Waals surface area contributed by atoms with Crippen LogP contribution in [0.3, 0.4) is 0 Å². The third kappa shape index (κ3) is 2.93. The highest BCUT2D eigenvalue weighted by molar-refractivity contribution is 6.06. The van der Waals surface area contributed by atoms with Crippen LogP contribution in [0.1, 0.15) is 21.6 Å². The minimum Gasteiger partial charge on any atom is -0.434 e. The highest BCUT2D eigenvalue weighted by Crippen LogP contribution is 2.22. The van der Waals surface area contributed by atoms with Crippen LogP contribution in [0.4, 0.5) is 14.6 Å². The normalized spacial score (nSPS) is 10.7. The number of hydrogen-bond acceptors (Lipinski definition) is 3. The monoisotopic (exact) mass is 281 g/mol. The van der Waals surface area contributed by atoms with Crippen LogP contribution >= 0.6 is 0 Å². The molecule has 106 valence electrons. The number of ether oxygens (including phenoxy) is 1. The molecule has 0 saturated carbocycles. The summed E-state index contributed by atoms with van der Waals surface area (Å²) in [5.74, 6) is -0.375. The molecule has 0 aliphatic carbocycles. The number of nitrogens with one attached hydrogen (secondary N) is 2. The zero-order chi connectivity index (χ0) is 14.7. The number of H-pyrrole nitrogens is 1. The van der Waals surface area contributed by atoms with Gasteiger partial charge >= 0.3 is 6.61 Å². The molecular weight excluding hydrogens is 268 g/mol. The molecule has 0 atom stereocenters. The van der Waals surface area contributed by atoms with E-state index in [1.165, 1.54) is 18.2 Å². The molecular formula is C13H13F2N3O2. The summed E-state index contributed by atoms with van der Waals surface area (Å²) in [5.41, 5.74) is 1.62. The highest BCUT2D eigenvalue weighted by atomic mass is 19.3. The van der Waals surface area contributed by atoms with Crippen molar-refractivity contribution < 1.29 is 18.3 Å². The second kappa shape index (κ2) is 5.68. The molecule has 2 aromatic rings. The molecule has 1 amide bonds. The predicted molar refractivity (Wildman–Crippen MR) is 69.1 cm³/mol. The Labute approximate surface area is 114 Å². The van der Waals surface area contributed by atoms with Crippen LogP contribution < -0.4 is 10.1 Å². The van der Waals surface area contributed by atoms with Crippen LogP contribution in [0.5, 0.6) is 5.75 Å². The van der Waals surface area contributed by atoms with Crippen molar-refractivity contribution in [3.8, 4) is 5.75 Å². The van der Waals surface area contributed by atoms with Crippen molar-refractivity contribution >= 4 is 11.7 Å². The summed E-state index contributed by atoms with van der Waals surface area (Å²) < 4.78 is 28.9. The average Bonchev–Trinajstić information content (AvgIpc) is 2.70. The summed E-state index contributed by atoms with van der Waals surface area (Å²) in [6.07, 6.45) is 0. The van der Waals surface area contributed by atoms with E-state index in [1.807, 2.05) is 6.92 Å². The lowest BCUT2D eigenvalue weighted by molar-refractivity contribution is -0.0501. The number of para-hydroxylation sites is 1. The summed E-state index contributed by atoms with van der Waals surface area (Å²) >= 11 is 0. The number of nitrogens with zero attached hydrogens (tertiary/aromatic N) is 1. The number of aromatic amines is 1. The summed E-state index contributed by atoms with van der Waals surface area (Å²) in [6.45, 7) is 0.611. The number of aromatic nitrogens is 2. The summed E-state index contributed by atoms with van der Waals surface area (Å²) in [5, 5.41) is 9.20. The van der Waals surface area contributed by atoms with Crippen molar-refractivity contribution in [2.75, 3.05) is 5.32 Å². The van der Waals surface area contributed by atoms with Crippen LogP contribution in [0.15, 0.2) is 24.3 Å². The first-order chi connectivity index (χ1) is 9.49. The fourth-order valence-corrected chi connectivity index (χ4v) is 1.63. The molecule has 2 rings (SSSR count). The molecule has 7 heteroatoms. The zero-order valence-electron chi connectivity index (χ0n) is 10.9. The third-order valence-corrected chi connectivity index (χ3v) is 2.83. The van der Waals surface area contributed by atoms with Crippen molar-refractivity contribution in [2.24, 2.45) is 0 Å². The van der Waals surface area contributed by atoms with E-state index in [9.17, 15) is 13.6 Å². The predicted octanol–water partition coefficient (Wildman–Crippen LogP) is 2.88. The van der Waals surface area contributed by atoms with E-state index in [1.54, 1.807) is 13.0 Å². The van der Waals surface area contributed by atoms with E-state index in [2.05, 4.69) is 20.3 Å². The number of aryl methyl sites for hydroxylation is 1. The van der Waals surface area contributed by atoms with Crippen molar-refractivity contribution in [1.29, 1.82) is 0 Å². The number of carbonyl (C=O) groups is 1. The van der Waals surface area contributed by atoms with Crippen molar-refractivity contribution in [3.05, 3.63) is 41.1 Å². The Morgan fingerprint density at radius 1 is 1.35 bits per heavy atom. The SMILES string of the molecule is Cc1[nH]nc(NC(=O)c2ccccc2OC(F)F)c1C. The Morgan fingerprint density at radius 3 is 2.65 bits per heavy atom. The van der Waals surface area contributed by atoms with Crippen LogP contribution in [0, 0.1) is 13.8 Å². The molecule has 0 radical (unpaired) electrons. The average molecular weight is 281 g/mol. The summed E-state index contributed by atoms with van der Waals surface area (Å²) in [6, 6.07) is 5.79. The topological polar surface area (TPSA) is 67.0 Å². The van der Waals surface area contributed by atoms with E-state index in [0.717, 1.165) is 11.3 Å². The molecule has 20 heavy (non-hydrogen) atoms. The maximum atomic E-state index is 12.3. The molecule has 1 heterocycles. The quantitative estimate of drug-likeness (QED) is 0.905. The Kier molecular flexibility index (Phi) is 3.97. The molecule has 0 aliphatic heterocycles. The van der Waals surface area contributed by atoms with Gasteiger partial charge in [-0.05, 0) is 26.0 Å². The maximum absolute atomic E-state index is 12.3. The first kappa shape index (κ1) is 14.0. The van der Waals surface area contributed by atoms with E-state index < -0.39 is 12.5 Å². The van der Waals surface area contributed by atoms with E-state index in [0.29, 0.717) is 5.82 Å². The third-order valence-electron chi connectivity index (χ3n) is 2.83. The maximum Gasteiger partial charge on any atom is 0.387 e. The molecule has 1 aromatic heterocycles. The molecule has 0 bridgehead atoms. The van der Waals surface area contributed by atoms with Gasteiger partial charge in [-0.2, -0.15) is 13.9 Å². The Bertz CT molecular complexity index is 626. The number of hydrogen-bond donors (Lipinski definition) is 2. The van der Waals surface area contributed by atoms with Gasteiger partial charge in [0.2, 0.25) is 0 Å². The van der Waals surface area contributed by atoms with Crippen molar-refractivity contribution in [2.45, 2.75) is 20.5 Å². The second-order valence-corrected chi connectivity index (χ2v) is 4.15. The molecule has 0 saturated heterocycles. The number of rotatable bonds is 4. The van der Waals surface area contributed by atoms with Gasteiger partial charge in [0.1, 0.15) is 5.75 Å². The fourth-order valence-electron chi connectivity index (χ4n) is 1.63. The van der Waals surface area contributed by atoms with Crippen LogP contribution in [0.25, 0.3) is 0 Å². The summed E-state index contributed by atoms with van der Waals surface area (Å²) in [4.78, 5) is 12.1. The van der Waals surface area contributed by atoms with Crippen LogP contribution in [0.2, 0.25) is 0 Å². The first-order valence-electron chi connectivity index (χ1n) is 5.85. The molecule has 0 fully saturated rings. The fraction of sp³-hybridized carbons (Fsp3) is 0.231. The van der Waals surface area contributed by atoms with Gasteiger partial charge in [-0.3, -0.25) is 9.89 Å². The largest absolute Gasteiger partial charge is 0.434 e. The van der Waals surface area contributed by atoms with Crippen LogP contribution in [-0.4, -0.2) is 22.7 Å². The lowest BCUT2D eigenvalue weighted by Crippen LogP contribution is -2.15. The van der Waals surface area contributed by atoms with Gasteiger partial charge in [0.25, 0.3) is 5.91 Å². The van der Waals surface area contributed by atoms with Gasteiger partial charge < -0.3 is 10.1 Å². The Hall–Kier alpha value is -2.44. The first-order valence-corrected chi connectivity index (χ1v) is 5.85. The van der Waals surface area contributed by atoms with E-state index in [4.69, 9.17) is 0 Å². The standard InChI is InChI=1S/C13H13F2N3O2/c1-7-8(2)17-18-11(7)16-12(19)9-5-3-4-6-10(9)20-13(14)15/h3-6,13H,1-2H3,(H2,16,17,18,19). The molecule has 1 aromatic carbocycles. The van der Waals surface area contributed by atoms with E-state index in [-0.39, 0.29) is 11.3 Å². The Balaban J connectivity index is 2.23. The van der Waals surface area contributed by atoms with Gasteiger partial charge in [-0.15, -0.1) is 0 Å².